The van der Waals surface area contributed by atoms with Gasteiger partial charge in [0.05, 0.1) is 10.5 Å². The third kappa shape index (κ3) is 1.79. The van der Waals surface area contributed by atoms with Gasteiger partial charge < -0.3 is 0 Å². The molecule has 0 heterocycles. The number of ketones is 1. The topological polar surface area (TPSA) is 60.2 Å². The van der Waals surface area contributed by atoms with Crippen LogP contribution in [-0.2, 0) is 6.42 Å². The summed E-state index contributed by atoms with van der Waals surface area (Å²) in [6.45, 7) is 3.22. The highest BCUT2D eigenvalue weighted by Gasteiger charge is 2.19. The molecule has 0 atom stereocenters. The fourth-order valence-corrected chi connectivity index (χ4v) is 1.44. The molecule has 0 bridgehead atoms. The summed E-state index contributed by atoms with van der Waals surface area (Å²) in [4.78, 5) is 21.4. The Balaban J connectivity index is 3.43. The van der Waals surface area contributed by atoms with E-state index in [1.165, 1.54) is 13.0 Å². The molecule has 0 saturated carbocycles. The molecule has 0 aromatic heterocycles. The second-order valence-corrected chi connectivity index (χ2v) is 2.98. The van der Waals surface area contributed by atoms with E-state index in [2.05, 4.69) is 0 Å². The van der Waals surface area contributed by atoms with Crippen molar-refractivity contribution in [1.82, 2.24) is 0 Å². The van der Waals surface area contributed by atoms with Crippen molar-refractivity contribution in [1.29, 1.82) is 0 Å². The van der Waals surface area contributed by atoms with Gasteiger partial charge in [0.1, 0.15) is 0 Å². The van der Waals surface area contributed by atoms with Crippen molar-refractivity contribution in [3.05, 3.63) is 39.4 Å². The van der Waals surface area contributed by atoms with E-state index in [0.29, 0.717) is 6.42 Å². The first kappa shape index (κ1) is 10.4. The number of rotatable bonds is 3. The molecule has 1 rings (SSSR count). The Hall–Kier alpha value is -1.71. The van der Waals surface area contributed by atoms with E-state index >= 15 is 0 Å². The first-order valence-corrected chi connectivity index (χ1v) is 4.35. The zero-order valence-corrected chi connectivity index (χ0v) is 8.11. The Morgan fingerprint density at radius 3 is 2.57 bits per heavy atom. The number of aryl methyl sites for hydroxylation is 1. The molecule has 0 unspecified atom stereocenters. The minimum atomic E-state index is -0.518. The van der Waals surface area contributed by atoms with Gasteiger partial charge in [0.25, 0.3) is 5.69 Å². The minimum Gasteiger partial charge on any atom is -0.294 e. The van der Waals surface area contributed by atoms with Crippen LogP contribution in [0.2, 0.25) is 0 Å². The van der Waals surface area contributed by atoms with Crippen LogP contribution in [0, 0.1) is 10.1 Å². The lowest BCUT2D eigenvalue weighted by molar-refractivity contribution is -0.385. The maximum atomic E-state index is 11.2. The molecule has 0 aliphatic rings. The van der Waals surface area contributed by atoms with Crippen molar-refractivity contribution in [3.8, 4) is 0 Å². The Labute approximate surface area is 81.7 Å². The fourth-order valence-electron chi connectivity index (χ4n) is 1.44. The summed E-state index contributed by atoms with van der Waals surface area (Å²) in [5.74, 6) is -0.255. The monoisotopic (exact) mass is 193 g/mol. The number of Topliss-reactive ketones (excluding diaryl/α,β-unsaturated/α-hetero) is 1. The largest absolute Gasteiger partial charge is 0.294 e. The predicted molar refractivity (Wildman–Crippen MR) is 52.5 cm³/mol. The van der Waals surface area contributed by atoms with Crippen LogP contribution in [0.4, 0.5) is 5.69 Å². The minimum absolute atomic E-state index is 0.100. The van der Waals surface area contributed by atoms with Crippen LogP contribution in [0.25, 0.3) is 0 Å². The molecule has 0 fully saturated rings. The fraction of sp³-hybridized carbons (Fsp3) is 0.300. The lowest BCUT2D eigenvalue weighted by Gasteiger charge is -2.04. The molecular formula is C10H11NO3. The molecule has 0 radical (unpaired) electrons. The molecule has 74 valence electrons. The van der Waals surface area contributed by atoms with Crippen molar-refractivity contribution >= 4 is 11.5 Å². The van der Waals surface area contributed by atoms with E-state index in [0.717, 1.165) is 5.56 Å². The normalized spacial score (nSPS) is 9.86. The maximum absolute atomic E-state index is 11.2. The number of carbonyl (C=O) groups excluding carboxylic acids is 1. The number of carbonyl (C=O) groups is 1. The predicted octanol–water partition coefficient (Wildman–Crippen LogP) is 2.36. The first-order valence-electron chi connectivity index (χ1n) is 4.35. The summed E-state index contributed by atoms with van der Waals surface area (Å²) >= 11 is 0. The Kier molecular flexibility index (Phi) is 2.96. The van der Waals surface area contributed by atoms with Crippen LogP contribution in [0.3, 0.4) is 0 Å². The van der Waals surface area contributed by atoms with Crippen LogP contribution in [0.1, 0.15) is 29.8 Å². The Bertz CT molecular complexity index is 385. The highest BCUT2D eigenvalue weighted by atomic mass is 16.6. The third-order valence-corrected chi connectivity index (χ3v) is 2.06. The second kappa shape index (κ2) is 4.00. The molecule has 0 saturated heterocycles. The average Bonchev–Trinajstić information content (AvgIpc) is 2.16. The van der Waals surface area contributed by atoms with E-state index in [-0.39, 0.29) is 17.0 Å². The van der Waals surface area contributed by atoms with Crippen molar-refractivity contribution < 1.29 is 9.72 Å². The van der Waals surface area contributed by atoms with E-state index < -0.39 is 4.92 Å². The van der Waals surface area contributed by atoms with Crippen LogP contribution in [-0.4, -0.2) is 10.7 Å². The van der Waals surface area contributed by atoms with Gasteiger partial charge in [-0.15, -0.1) is 0 Å². The number of nitro benzene ring substituents is 1. The van der Waals surface area contributed by atoms with Gasteiger partial charge in [-0.1, -0.05) is 19.1 Å². The molecule has 0 aliphatic heterocycles. The first-order chi connectivity index (χ1) is 6.57. The quantitative estimate of drug-likeness (QED) is 0.420. The molecule has 1 aromatic carbocycles. The van der Waals surface area contributed by atoms with Gasteiger partial charge in [-0.2, -0.15) is 0 Å². The maximum Gasteiger partial charge on any atom is 0.280 e. The van der Waals surface area contributed by atoms with Crippen LogP contribution >= 0.6 is 0 Å². The summed E-state index contributed by atoms with van der Waals surface area (Å²) in [7, 11) is 0. The number of nitrogens with zero attached hydrogens (tertiary/aromatic N) is 1. The van der Waals surface area contributed by atoms with E-state index in [1.807, 2.05) is 6.92 Å². The third-order valence-electron chi connectivity index (χ3n) is 2.06. The van der Waals surface area contributed by atoms with E-state index in [9.17, 15) is 14.9 Å². The molecule has 0 amide bonds. The standard InChI is InChI=1S/C10H11NO3/c1-3-8-5-4-6-9(11(13)14)10(8)7(2)12/h4-6H,3H2,1-2H3. The van der Waals surface area contributed by atoms with Gasteiger partial charge in [-0.25, -0.2) is 0 Å². The summed E-state index contributed by atoms with van der Waals surface area (Å²) in [6.07, 6.45) is 0.622. The lowest BCUT2D eigenvalue weighted by atomic mass is 10.0. The molecule has 4 nitrogen and oxygen atoms in total. The zero-order chi connectivity index (χ0) is 10.7. The highest BCUT2D eigenvalue weighted by Crippen LogP contribution is 2.23. The summed E-state index contributed by atoms with van der Waals surface area (Å²) in [5.41, 5.74) is 0.864. The Morgan fingerprint density at radius 2 is 2.14 bits per heavy atom. The zero-order valence-electron chi connectivity index (χ0n) is 8.11. The molecule has 4 heteroatoms. The van der Waals surface area contributed by atoms with Crippen molar-refractivity contribution in [3.63, 3.8) is 0 Å². The van der Waals surface area contributed by atoms with E-state index in [4.69, 9.17) is 0 Å². The van der Waals surface area contributed by atoms with Gasteiger partial charge in [0.2, 0.25) is 0 Å². The van der Waals surface area contributed by atoms with Gasteiger partial charge in [0, 0.05) is 6.07 Å². The smallest absolute Gasteiger partial charge is 0.280 e. The molecule has 0 spiro atoms. The SMILES string of the molecule is CCc1cccc([N+](=O)[O-])c1C(C)=O. The molecule has 14 heavy (non-hydrogen) atoms. The van der Waals surface area contributed by atoms with Crippen LogP contribution in [0.15, 0.2) is 18.2 Å². The number of hydrogen-bond acceptors (Lipinski definition) is 3. The van der Waals surface area contributed by atoms with E-state index in [1.54, 1.807) is 12.1 Å². The molecular weight excluding hydrogens is 182 g/mol. The molecule has 0 N–H and O–H groups in total. The van der Waals surface area contributed by atoms with Crippen LogP contribution in [0.5, 0.6) is 0 Å². The van der Waals surface area contributed by atoms with Gasteiger partial charge in [-0.3, -0.25) is 14.9 Å². The average molecular weight is 193 g/mol. The summed E-state index contributed by atoms with van der Waals surface area (Å²) < 4.78 is 0. The van der Waals surface area contributed by atoms with Gasteiger partial charge in [0.15, 0.2) is 5.78 Å². The highest BCUT2D eigenvalue weighted by molar-refractivity contribution is 5.99. The van der Waals surface area contributed by atoms with Crippen molar-refractivity contribution in [2.75, 3.05) is 0 Å². The van der Waals surface area contributed by atoms with Gasteiger partial charge in [-0.05, 0) is 18.9 Å². The number of nitro groups is 1. The summed E-state index contributed by atoms with van der Waals surface area (Å²) in [5, 5.41) is 10.6. The Morgan fingerprint density at radius 1 is 1.50 bits per heavy atom. The number of benzene rings is 1. The van der Waals surface area contributed by atoms with Crippen molar-refractivity contribution in [2.24, 2.45) is 0 Å². The molecule has 1 aromatic rings. The van der Waals surface area contributed by atoms with Gasteiger partial charge >= 0.3 is 0 Å². The second-order valence-electron chi connectivity index (χ2n) is 2.98. The van der Waals surface area contributed by atoms with Crippen LogP contribution < -0.4 is 0 Å². The lowest BCUT2D eigenvalue weighted by Crippen LogP contribution is -2.04. The number of hydrogen-bond donors (Lipinski definition) is 0. The molecule has 0 aliphatic carbocycles. The van der Waals surface area contributed by atoms with Crippen molar-refractivity contribution in [2.45, 2.75) is 20.3 Å². The summed E-state index contributed by atoms with van der Waals surface area (Å²) in [6, 6.07) is 4.70.